The standard InChI is InChI=1S/C20H21FN2O4/c1-13-4-7-16(8-5-13)22-19(25)11-23(3)20(26)12-27-18-9-6-15(21)10-17(18)14(2)24/h4-10H,11-12H2,1-3H3,(H,22,25). The highest BCUT2D eigenvalue weighted by Crippen LogP contribution is 2.20. The molecule has 0 fully saturated rings. The molecule has 2 aromatic carbocycles. The topological polar surface area (TPSA) is 75.7 Å². The van der Waals surface area contributed by atoms with E-state index in [1.54, 1.807) is 12.1 Å². The first-order valence-corrected chi connectivity index (χ1v) is 8.30. The maximum Gasteiger partial charge on any atom is 0.260 e. The fourth-order valence-electron chi connectivity index (χ4n) is 2.29. The molecule has 0 aliphatic rings. The lowest BCUT2D eigenvalue weighted by Crippen LogP contribution is -2.37. The number of aryl methyl sites for hydroxylation is 1. The van der Waals surface area contributed by atoms with Gasteiger partial charge in [0.2, 0.25) is 5.91 Å². The Labute approximate surface area is 156 Å². The summed E-state index contributed by atoms with van der Waals surface area (Å²) in [5, 5.41) is 2.70. The number of amides is 2. The maximum absolute atomic E-state index is 13.3. The normalized spacial score (nSPS) is 10.2. The largest absolute Gasteiger partial charge is 0.483 e. The van der Waals surface area contributed by atoms with E-state index in [1.807, 2.05) is 19.1 Å². The van der Waals surface area contributed by atoms with E-state index >= 15 is 0 Å². The molecule has 0 unspecified atom stereocenters. The van der Waals surface area contributed by atoms with E-state index in [0.717, 1.165) is 17.7 Å². The van der Waals surface area contributed by atoms with Gasteiger partial charge in [0, 0.05) is 12.7 Å². The Morgan fingerprint density at radius 2 is 1.78 bits per heavy atom. The average Bonchev–Trinajstić information content (AvgIpc) is 2.62. The molecule has 0 aliphatic heterocycles. The van der Waals surface area contributed by atoms with Gasteiger partial charge >= 0.3 is 0 Å². The summed E-state index contributed by atoms with van der Waals surface area (Å²) in [6.45, 7) is 2.70. The van der Waals surface area contributed by atoms with Crippen LogP contribution in [0.25, 0.3) is 0 Å². The van der Waals surface area contributed by atoms with Crippen LogP contribution < -0.4 is 10.1 Å². The van der Waals surface area contributed by atoms with Gasteiger partial charge in [-0.15, -0.1) is 0 Å². The number of hydrogen-bond acceptors (Lipinski definition) is 4. The number of carbonyl (C=O) groups is 3. The second-order valence-corrected chi connectivity index (χ2v) is 6.15. The van der Waals surface area contributed by atoms with Gasteiger partial charge in [0.15, 0.2) is 12.4 Å². The molecule has 6 nitrogen and oxygen atoms in total. The van der Waals surface area contributed by atoms with Crippen molar-refractivity contribution >= 4 is 23.3 Å². The molecule has 2 rings (SSSR count). The van der Waals surface area contributed by atoms with E-state index in [1.165, 1.54) is 24.9 Å². The fourth-order valence-corrected chi connectivity index (χ4v) is 2.29. The van der Waals surface area contributed by atoms with Crippen molar-refractivity contribution in [1.82, 2.24) is 4.90 Å². The van der Waals surface area contributed by atoms with Gasteiger partial charge in [-0.05, 0) is 44.2 Å². The lowest BCUT2D eigenvalue weighted by atomic mass is 10.1. The SMILES string of the molecule is CC(=O)c1cc(F)ccc1OCC(=O)N(C)CC(=O)Nc1ccc(C)cc1. The Hall–Kier alpha value is -3.22. The lowest BCUT2D eigenvalue weighted by Gasteiger charge is -2.18. The molecule has 0 spiro atoms. The van der Waals surface area contributed by atoms with Crippen molar-refractivity contribution in [2.75, 3.05) is 25.5 Å². The Balaban J connectivity index is 1.89. The van der Waals surface area contributed by atoms with Crippen LogP contribution >= 0.6 is 0 Å². The zero-order chi connectivity index (χ0) is 20.0. The third-order valence-electron chi connectivity index (χ3n) is 3.81. The number of hydrogen-bond donors (Lipinski definition) is 1. The smallest absolute Gasteiger partial charge is 0.260 e. The molecular weight excluding hydrogens is 351 g/mol. The van der Waals surface area contributed by atoms with Gasteiger partial charge in [0.05, 0.1) is 12.1 Å². The summed E-state index contributed by atoms with van der Waals surface area (Å²) in [5.74, 6) is -1.62. The highest BCUT2D eigenvalue weighted by atomic mass is 19.1. The zero-order valence-electron chi connectivity index (χ0n) is 15.4. The molecule has 0 heterocycles. The van der Waals surface area contributed by atoms with Crippen molar-refractivity contribution in [3.8, 4) is 5.75 Å². The van der Waals surface area contributed by atoms with Gasteiger partial charge in [-0.2, -0.15) is 0 Å². The van der Waals surface area contributed by atoms with E-state index in [-0.39, 0.29) is 36.2 Å². The molecular formula is C20H21FN2O4. The maximum atomic E-state index is 13.3. The number of ether oxygens (including phenoxy) is 1. The van der Waals surface area contributed by atoms with Gasteiger partial charge in [-0.3, -0.25) is 14.4 Å². The predicted molar refractivity (Wildman–Crippen MR) is 99.3 cm³/mol. The minimum atomic E-state index is -0.566. The number of benzene rings is 2. The summed E-state index contributed by atoms with van der Waals surface area (Å²) in [6.07, 6.45) is 0. The minimum Gasteiger partial charge on any atom is -0.483 e. The highest BCUT2D eigenvalue weighted by molar-refractivity contribution is 5.97. The Morgan fingerprint density at radius 3 is 2.41 bits per heavy atom. The van der Waals surface area contributed by atoms with E-state index in [0.29, 0.717) is 5.69 Å². The molecule has 0 aromatic heterocycles. The molecule has 0 saturated heterocycles. The summed E-state index contributed by atoms with van der Waals surface area (Å²) in [5.41, 5.74) is 1.77. The summed E-state index contributed by atoms with van der Waals surface area (Å²) in [6, 6.07) is 10.8. The van der Waals surface area contributed by atoms with Crippen LogP contribution in [-0.4, -0.2) is 42.7 Å². The van der Waals surface area contributed by atoms with E-state index < -0.39 is 11.7 Å². The molecule has 7 heteroatoms. The Bertz CT molecular complexity index is 850. The number of carbonyl (C=O) groups excluding carboxylic acids is 3. The molecule has 142 valence electrons. The van der Waals surface area contributed by atoms with Gasteiger partial charge in [0.1, 0.15) is 11.6 Å². The summed E-state index contributed by atoms with van der Waals surface area (Å²) in [4.78, 5) is 36.9. The average molecular weight is 372 g/mol. The fraction of sp³-hybridized carbons (Fsp3) is 0.250. The van der Waals surface area contributed by atoms with Crippen LogP contribution in [0.15, 0.2) is 42.5 Å². The van der Waals surface area contributed by atoms with Crippen molar-refractivity contribution < 1.29 is 23.5 Å². The Kier molecular flexibility index (Phi) is 6.65. The van der Waals surface area contributed by atoms with E-state index in [4.69, 9.17) is 4.74 Å². The van der Waals surface area contributed by atoms with Crippen LogP contribution in [-0.2, 0) is 9.59 Å². The van der Waals surface area contributed by atoms with E-state index in [2.05, 4.69) is 5.32 Å². The molecule has 0 radical (unpaired) electrons. The first-order valence-electron chi connectivity index (χ1n) is 8.30. The Morgan fingerprint density at radius 1 is 1.11 bits per heavy atom. The second kappa shape index (κ2) is 8.93. The van der Waals surface area contributed by atoms with E-state index in [9.17, 15) is 18.8 Å². The number of nitrogens with one attached hydrogen (secondary N) is 1. The number of nitrogens with zero attached hydrogens (tertiary/aromatic N) is 1. The lowest BCUT2D eigenvalue weighted by molar-refractivity contribution is -0.135. The number of halogens is 1. The zero-order valence-corrected chi connectivity index (χ0v) is 15.4. The number of rotatable bonds is 7. The number of ketones is 1. The molecule has 0 aliphatic carbocycles. The monoisotopic (exact) mass is 372 g/mol. The van der Waals surface area contributed by atoms with Crippen LogP contribution in [0.4, 0.5) is 10.1 Å². The summed E-state index contributed by atoms with van der Waals surface area (Å²) < 4.78 is 18.6. The third kappa shape index (κ3) is 5.91. The van der Waals surface area contributed by atoms with Gasteiger partial charge in [0.25, 0.3) is 5.91 Å². The van der Waals surface area contributed by atoms with Crippen molar-refractivity contribution in [1.29, 1.82) is 0 Å². The second-order valence-electron chi connectivity index (χ2n) is 6.15. The molecule has 0 saturated carbocycles. The molecule has 0 atom stereocenters. The minimum absolute atomic E-state index is 0.0579. The first kappa shape index (κ1) is 20.1. The van der Waals surface area contributed by atoms with Gasteiger partial charge in [-0.1, -0.05) is 17.7 Å². The van der Waals surface area contributed by atoms with Crippen molar-refractivity contribution in [3.63, 3.8) is 0 Å². The first-order chi connectivity index (χ1) is 12.8. The highest BCUT2D eigenvalue weighted by Gasteiger charge is 2.16. The number of Topliss-reactive ketones (excluding diaryl/α,β-unsaturated/α-hetero) is 1. The quantitative estimate of drug-likeness (QED) is 0.759. The van der Waals surface area contributed by atoms with Crippen LogP contribution in [0.2, 0.25) is 0 Å². The van der Waals surface area contributed by atoms with Crippen molar-refractivity contribution in [3.05, 3.63) is 59.4 Å². The third-order valence-corrected chi connectivity index (χ3v) is 3.81. The number of likely N-dealkylation sites (N-methyl/N-ethyl adjacent to an activating group) is 1. The molecule has 0 bridgehead atoms. The molecule has 2 amide bonds. The number of anilines is 1. The molecule has 2 aromatic rings. The van der Waals surface area contributed by atoms with Crippen LogP contribution in [0.3, 0.4) is 0 Å². The van der Waals surface area contributed by atoms with Gasteiger partial charge in [-0.25, -0.2) is 4.39 Å². The molecule has 27 heavy (non-hydrogen) atoms. The van der Waals surface area contributed by atoms with Crippen molar-refractivity contribution in [2.45, 2.75) is 13.8 Å². The van der Waals surface area contributed by atoms with Gasteiger partial charge < -0.3 is 15.0 Å². The summed E-state index contributed by atoms with van der Waals surface area (Å²) in [7, 11) is 1.47. The predicted octanol–water partition coefficient (Wildman–Crippen LogP) is 2.81. The molecule has 1 N–H and O–H groups in total. The van der Waals surface area contributed by atoms with Crippen LogP contribution in [0.1, 0.15) is 22.8 Å². The van der Waals surface area contributed by atoms with Crippen LogP contribution in [0, 0.1) is 12.7 Å². The van der Waals surface area contributed by atoms with Crippen LogP contribution in [0.5, 0.6) is 5.75 Å². The van der Waals surface area contributed by atoms with Crippen molar-refractivity contribution in [2.24, 2.45) is 0 Å². The summed E-state index contributed by atoms with van der Waals surface area (Å²) >= 11 is 0.